The molecule has 2 aromatic rings. The fraction of sp³-hybridized carbons (Fsp3) is 0.375. The number of alkyl halides is 3. The maximum atomic E-state index is 12.5. The SMILES string of the molecule is O=C(c1ccc(OC(F)(F)F)cc1)N1CCC[C@H](n2ccnc2)C1. The zero-order chi connectivity index (χ0) is 17.2. The van der Waals surface area contributed by atoms with Crippen molar-refractivity contribution < 1.29 is 22.7 Å². The summed E-state index contributed by atoms with van der Waals surface area (Å²) in [7, 11) is 0. The van der Waals surface area contributed by atoms with E-state index in [4.69, 9.17) is 0 Å². The minimum atomic E-state index is -4.74. The Bertz CT molecular complexity index is 684. The molecule has 0 N–H and O–H groups in total. The van der Waals surface area contributed by atoms with E-state index in [2.05, 4.69) is 9.72 Å². The number of benzene rings is 1. The summed E-state index contributed by atoms with van der Waals surface area (Å²) >= 11 is 0. The van der Waals surface area contributed by atoms with Crippen molar-refractivity contribution in [2.75, 3.05) is 13.1 Å². The molecule has 0 unspecified atom stereocenters. The molecule has 0 saturated carbocycles. The van der Waals surface area contributed by atoms with Crippen LogP contribution in [-0.2, 0) is 0 Å². The zero-order valence-electron chi connectivity index (χ0n) is 12.7. The van der Waals surface area contributed by atoms with Gasteiger partial charge in [0.25, 0.3) is 5.91 Å². The number of imidazole rings is 1. The number of piperidine rings is 1. The van der Waals surface area contributed by atoms with Crippen molar-refractivity contribution in [1.82, 2.24) is 14.5 Å². The van der Waals surface area contributed by atoms with Gasteiger partial charge in [-0.15, -0.1) is 13.2 Å². The van der Waals surface area contributed by atoms with Crippen molar-refractivity contribution in [2.45, 2.75) is 25.2 Å². The molecule has 2 heterocycles. The van der Waals surface area contributed by atoms with Crippen molar-refractivity contribution in [1.29, 1.82) is 0 Å². The Kier molecular flexibility index (Phi) is 4.46. The first-order chi connectivity index (χ1) is 11.4. The molecular formula is C16H16F3N3O2. The highest BCUT2D eigenvalue weighted by Gasteiger charge is 2.31. The second-order valence-electron chi connectivity index (χ2n) is 5.63. The average molecular weight is 339 g/mol. The monoisotopic (exact) mass is 339 g/mol. The molecule has 0 bridgehead atoms. The Morgan fingerprint density at radius 3 is 2.62 bits per heavy atom. The minimum Gasteiger partial charge on any atom is -0.406 e. The molecule has 3 rings (SSSR count). The number of hydrogen-bond donors (Lipinski definition) is 0. The van der Waals surface area contributed by atoms with Gasteiger partial charge in [-0.05, 0) is 37.1 Å². The second kappa shape index (κ2) is 6.54. The third-order valence-electron chi connectivity index (χ3n) is 3.97. The highest BCUT2D eigenvalue weighted by Crippen LogP contribution is 2.25. The average Bonchev–Trinajstić information content (AvgIpc) is 3.08. The number of likely N-dealkylation sites (tertiary alicyclic amines) is 1. The first kappa shape index (κ1) is 16.4. The fourth-order valence-corrected chi connectivity index (χ4v) is 2.85. The Morgan fingerprint density at radius 1 is 1.25 bits per heavy atom. The molecule has 5 nitrogen and oxygen atoms in total. The number of halogens is 3. The molecule has 8 heteroatoms. The molecule has 1 aliphatic rings. The van der Waals surface area contributed by atoms with Crippen molar-refractivity contribution in [2.24, 2.45) is 0 Å². The molecule has 1 aromatic carbocycles. The summed E-state index contributed by atoms with van der Waals surface area (Å²) in [5, 5.41) is 0. The highest BCUT2D eigenvalue weighted by molar-refractivity contribution is 5.94. The number of carbonyl (C=O) groups excluding carboxylic acids is 1. The van der Waals surface area contributed by atoms with Crippen LogP contribution in [0.3, 0.4) is 0 Å². The van der Waals surface area contributed by atoms with Crippen LogP contribution in [0.15, 0.2) is 43.0 Å². The van der Waals surface area contributed by atoms with Crippen LogP contribution in [0.5, 0.6) is 5.75 Å². The number of nitrogens with zero attached hydrogens (tertiary/aromatic N) is 3. The standard InChI is InChI=1S/C16H16F3N3O2/c17-16(18,19)24-14-5-3-12(4-6-14)15(23)21-8-1-2-13(10-21)22-9-7-20-11-22/h3-7,9,11,13H,1-2,8,10H2/t13-/m0/s1. The molecule has 1 saturated heterocycles. The zero-order valence-corrected chi connectivity index (χ0v) is 12.7. The van der Waals surface area contributed by atoms with Crippen LogP contribution in [0.1, 0.15) is 29.2 Å². The van der Waals surface area contributed by atoms with E-state index in [1.165, 1.54) is 12.1 Å². The van der Waals surface area contributed by atoms with Crippen LogP contribution >= 0.6 is 0 Å². The lowest BCUT2D eigenvalue weighted by Gasteiger charge is -2.33. The Labute approximate surface area is 136 Å². The van der Waals surface area contributed by atoms with Crippen molar-refractivity contribution in [3.8, 4) is 5.75 Å². The lowest BCUT2D eigenvalue weighted by Crippen LogP contribution is -2.40. The number of carbonyl (C=O) groups is 1. The van der Waals surface area contributed by atoms with Gasteiger partial charge < -0.3 is 14.2 Å². The number of ether oxygens (including phenoxy) is 1. The number of hydrogen-bond acceptors (Lipinski definition) is 3. The van der Waals surface area contributed by atoms with Crippen LogP contribution in [0.4, 0.5) is 13.2 Å². The molecule has 1 aromatic heterocycles. The molecule has 0 aliphatic carbocycles. The number of amides is 1. The van der Waals surface area contributed by atoms with E-state index in [0.717, 1.165) is 25.0 Å². The fourth-order valence-electron chi connectivity index (χ4n) is 2.85. The Balaban J connectivity index is 1.67. The molecule has 1 aliphatic heterocycles. The molecule has 1 atom stereocenters. The summed E-state index contributed by atoms with van der Waals surface area (Å²) < 4.78 is 42.3. The van der Waals surface area contributed by atoms with Crippen LogP contribution in [-0.4, -0.2) is 39.8 Å². The summed E-state index contributed by atoms with van der Waals surface area (Å²) in [6, 6.07) is 5.17. The van der Waals surface area contributed by atoms with Crippen molar-refractivity contribution in [3.63, 3.8) is 0 Å². The van der Waals surface area contributed by atoms with Crippen LogP contribution in [0.25, 0.3) is 0 Å². The summed E-state index contributed by atoms with van der Waals surface area (Å²) in [5.41, 5.74) is 0.343. The predicted octanol–water partition coefficient (Wildman–Crippen LogP) is 3.26. The van der Waals surface area contributed by atoms with Gasteiger partial charge in [-0.3, -0.25) is 4.79 Å². The maximum absolute atomic E-state index is 12.5. The highest BCUT2D eigenvalue weighted by atomic mass is 19.4. The number of aromatic nitrogens is 2. The van der Waals surface area contributed by atoms with Gasteiger partial charge in [0.1, 0.15) is 5.75 Å². The normalized spacial score (nSPS) is 18.5. The first-order valence-electron chi connectivity index (χ1n) is 7.55. The Morgan fingerprint density at radius 2 is 2.00 bits per heavy atom. The van der Waals surface area contributed by atoms with Gasteiger partial charge in [0.05, 0.1) is 12.4 Å². The van der Waals surface area contributed by atoms with Crippen LogP contribution < -0.4 is 4.74 Å². The van der Waals surface area contributed by atoms with Crippen LogP contribution in [0.2, 0.25) is 0 Å². The topological polar surface area (TPSA) is 47.4 Å². The summed E-state index contributed by atoms with van der Waals surface area (Å²) in [6.07, 6.45) is 2.36. The van der Waals surface area contributed by atoms with Gasteiger partial charge in [-0.2, -0.15) is 0 Å². The Hall–Kier alpha value is -2.51. The summed E-state index contributed by atoms with van der Waals surface area (Å²) in [5.74, 6) is -0.535. The molecule has 0 spiro atoms. The van der Waals surface area contributed by atoms with Crippen molar-refractivity contribution >= 4 is 5.91 Å². The van der Waals surface area contributed by atoms with Gasteiger partial charge in [0.2, 0.25) is 0 Å². The van der Waals surface area contributed by atoms with Gasteiger partial charge in [0, 0.05) is 31.0 Å². The molecule has 1 amide bonds. The van der Waals surface area contributed by atoms with E-state index >= 15 is 0 Å². The van der Waals surface area contributed by atoms with E-state index < -0.39 is 6.36 Å². The van der Waals surface area contributed by atoms with E-state index in [9.17, 15) is 18.0 Å². The molecule has 24 heavy (non-hydrogen) atoms. The predicted molar refractivity (Wildman–Crippen MR) is 79.5 cm³/mol. The molecule has 0 radical (unpaired) electrons. The minimum absolute atomic E-state index is 0.165. The third kappa shape index (κ3) is 3.87. The summed E-state index contributed by atoms with van der Waals surface area (Å²) in [4.78, 5) is 18.3. The molecule has 1 fully saturated rings. The van der Waals surface area contributed by atoms with E-state index in [-0.39, 0.29) is 17.7 Å². The molecule has 128 valence electrons. The second-order valence-corrected chi connectivity index (χ2v) is 5.63. The van der Waals surface area contributed by atoms with E-state index in [1.807, 2.05) is 10.8 Å². The smallest absolute Gasteiger partial charge is 0.406 e. The largest absolute Gasteiger partial charge is 0.573 e. The third-order valence-corrected chi connectivity index (χ3v) is 3.97. The van der Waals surface area contributed by atoms with Gasteiger partial charge in [0.15, 0.2) is 0 Å². The maximum Gasteiger partial charge on any atom is 0.573 e. The lowest BCUT2D eigenvalue weighted by atomic mass is 10.0. The van der Waals surface area contributed by atoms with E-state index in [1.54, 1.807) is 17.4 Å². The van der Waals surface area contributed by atoms with Crippen LogP contribution in [0, 0.1) is 0 Å². The van der Waals surface area contributed by atoms with Gasteiger partial charge >= 0.3 is 6.36 Å². The quantitative estimate of drug-likeness (QED) is 0.862. The van der Waals surface area contributed by atoms with Gasteiger partial charge in [-0.25, -0.2) is 4.98 Å². The first-order valence-corrected chi connectivity index (χ1v) is 7.55. The lowest BCUT2D eigenvalue weighted by molar-refractivity contribution is -0.274. The van der Waals surface area contributed by atoms with Crippen molar-refractivity contribution in [3.05, 3.63) is 48.5 Å². The van der Waals surface area contributed by atoms with E-state index in [0.29, 0.717) is 18.7 Å². The molecular weight excluding hydrogens is 323 g/mol. The summed E-state index contributed by atoms with van der Waals surface area (Å²) in [6.45, 7) is 1.18. The number of rotatable bonds is 3. The van der Waals surface area contributed by atoms with Gasteiger partial charge in [-0.1, -0.05) is 0 Å².